The highest BCUT2D eigenvalue weighted by molar-refractivity contribution is 6.07. The first-order valence-corrected chi connectivity index (χ1v) is 5.67. The van der Waals surface area contributed by atoms with E-state index in [4.69, 9.17) is 5.11 Å². The topological polar surface area (TPSA) is 74.6 Å². The maximum absolute atomic E-state index is 11.2. The summed E-state index contributed by atoms with van der Waals surface area (Å²) in [5.74, 6) is -2.06. The second-order valence-corrected chi connectivity index (χ2v) is 4.14. The lowest BCUT2D eigenvalue weighted by Crippen LogP contribution is -2.03. The number of fused-ring (bicyclic) bond motifs is 1. The largest absolute Gasteiger partial charge is 0.478 e. The molecule has 19 heavy (non-hydrogen) atoms. The molecule has 0 atom stereocenters. The van der Waals surface area contributed by atoms with Crippen molar-refractivity contribution in [3.05, 3.63) is 59.7 Å². The molecule has 4 heteroatoms. The molecule has 0 aliphatic rings. The highest BCUT2D eigenvalue weighted by Crippen LogP contribution is 2.26. The molecule has 0 spiro atoms. The summed E-state index contributed by atoms with van der Waals surface area (Å²) in [6, 6.07) is 7.81. The van der Waals surface area contributed by atoms with Crippen LogP contribution in [0.4, 0.5) is 0 Å². The zero-order valence-electron chi connectivity index (χ0n) is 10.1. The molecule has 0 heterocycles. The van der Waals surface area contributed by atoms with Crippen LogP contribution in [0.1, 0.15) is 26.3 Å². The van der Waals surface area contributed by atoms with Crippen molar-refractivity contribution in [2.75, 3.05) is 0 Å². The number of hydrogen-bond acceptors (Lipinski definition) is 2. The van der Waals surface area contributed by atoms with Gasteiger partial charge in [0, 0.05) is 0 Å². The number of allylic oxidation sites excluding steroid dienone is 1. The molecule has 2 aromatic rings. The molecule has 0 fully saturated rings. The van der Waals surface area contributed by atoms with E-state index in [-0.39, 0.29) is 11.1 Å². The second-order valence-electron chi connectivity index (χ2n) is 4.14. The van der Waals surface area contributed by atoms with Gasteiger partial charge in [0.2, 0.25) is 0 Å². The molecular formula is C15H12O4. The maximum atomic E-state index is 11.2. The standard InChI is InChI=1S/C15H12O4/c1-2-4-9-7-11(14(16)17)8-10-5-3-6-12(13(9)10)15(18)19/h2-3,5-8H,1,4H2,(H,16,17)(H,18,19). The van der Waals surface area contributed by atoms with Crippen LogP contribution in [-0.2, 0) is 6.42 Å². The minimum Gasteiger partial charge on any atom is -0.478 e. The van der Waals surface area contributed by atoms with Crippen LogP contribution in [0.25, 0.3) is 10.8 Å². The predicted molar refractivity (Wildman–Crippen MR) is 71.8 cm³/mol. The third kappa shape index (κ3) is 2.33. The third-order valence-electron chi connectivity index (χ3n) is 2.90. The van der Waals surface area contributed by atoms with Gasteiger partial charge in [-0.15, -0.1) is 6.58 Å². The van der Waals surface area contributed by atoms with Gasteiger partial charge >= 0.3 is 11.9 Å². The Morgan fingerprint density at radius 1 is 1.16 bits per heavy atom. The molecule has 0 aromatic heterocycles. The van der Waals surface area contributed by atoms with Crippen LogP contribution in [0.5, 0.6) is 0 Å². The van der Waals surface area contributed by atoms with Crippen molar-refractivity contribution in [2.24, 2.45) is 0 Å². The van der Waals surface area contributed by atoms with E-state index in [0.29, 0.717) is 22.8 Å². The molecule has 0 aliphatic heterocycles. The van der Waals surface area contributed by atoms with Gasteiger partial charge in [-0.1, -0.05) is 18.2 Å². The van der Waals surface area contributed by atoms with E-state index < -0.39 is 11.9 Å². The Labute approximate surface area is 109 Å². The summed E-state index contributed by atoms with van der Waals surface area (Å²) >= 11 is 0. The number of rotatable bonds is 4. The molecule has 96 valence electrons. The summed E-state index contributed by atoms with van der Waals surface area (Å²) in [7, 11) is 0. The fraction of sp³-hybridized carbons (Fsp3) is 0.0667. The van der Waals surface area contributed by atoms with Gasteiger partial charge in [-0.05, 0) is 41.0 Å². The molecule has 2 aromatic carbocycles. The monoisotopic (exact) mass is 256 g/mol. The van der Waals surface area contributed by atoms with Gasteiger partial charge in [0.15, 0.2) is 0 Å². The summed E-state index contributed by atoms with van der Waals surface area (Å²) in [4.78, 5) is 22.3. The van der Waals surface area contributed by atoms with E-state index in [2.05, 4.69) is 6.58 Å². The molecular weight excluding hydrogens is 244 g/mol. The summed E-state index contributed by atoms with van der Waals surface area (Å²) in [5.41, 5.74) is 0.973. The lowest BCUT2D eigenvalue weighted by molar-refractivity contribution is 0.0688. The number of aromatic carboxylic acids is 2. The average molecular weight is 256 g/mol. The van der Waals surface area contributed by atoms with Crippen LogP contribution in [0.15, 0.2) is 43.0 Å². The summed E-state index contributed by atoms with van der Waals surface area (Å²) in [6.45, 7) is 3.62. The van der Waals surface area contributed by atoms with Crippen LogP contribution in [0, 0.1) is 0 Å². The zero-order valence-corrected chi connectivity index (χ0v) is 10.1. The van der Waals surface area contributed by atoms with Crippen molar-refractivity contribution in [3.8, 4) is 0 Å². The van der Waals surface area contributed by atoms with E-state index in [0.717, 1.165) is 0 Å². The Kier molecular flexibility index (Phi) is 3.33. The quantitative estimate of drug-likeness (QED) is 0.825. The number of hydrogen-bond donors (Lipinski definition) is 2. The van der Waals surface area contributed by atoms with Crippen LogP contribution < -0.4 is 0 Å². The van der Waals surface area contributed by atoms with E-state index in [1.807, 2.05) is 0 Å². The number of carboxylic acid groups (broad SMARTS) is 2. The van der Waals surface area contributed by atoms with Crippen molar-refractivity contribution in [1.82, 2.24) is 0 Å². The first-order chi connectivity index (χ1) is 9.04. The molecule has 0 saturated carbocycles. The molecule has 2 rings (SSSR count). The Balaban J connectivity index is 2.86. The first-order valence-electron chi connectivity index (χ1n) is 5.67. The van der Waals surface area contributed by atoms with Crippen molar-refractivity contribution in [3.63, 3.8) is 0 Å². The molecule has 0 bridgehead atoms. The first kappa shape index (κ1) is 12.8. The number of benzene rings is 2. The predicted octanol–water partition coefficient (Wildman–Crippen LogP) is 2.96. The molecule has 0 amide bonds. The highest BCUT2D eigenvalue weighted by atomic mass is 16.4. The summed E-state index contributed by atoms with van der Waals surface area (Å²) < 4.78 is 0. The third-order valence-corrected chi connectivity index (χ3v) is 2.90. The highest BCUT2D eigenvalue weighted by Gasteiger charge is 2.14. The van der Waals surface area contributed by atoms with Gasteiger partial charge in [-0.3, -0.25) is 0 Å². The van der Waals surface area contributed by atoms with Gasteiger partial charge in [-0.25, -0.2) is 9.59 Å². The van der Waals surface area contributed by atoms with E-state index >= 15 is 0 Å². The van der Waals surface area contributed by atoms with Crippen LogP contribution >= 0.6 is 0 Å². The van der Waals surface area contributed by atoms with Gasteiger partial charge < -0.3 is 10.2 Å². The maximum Gasteiger partial charge on any atom is 0.336 e. The average Bonchev–Trinajstić information content (AvgIpc) is 2.37. The van der Waals surface area contributed by atoms with Crippen molar-refractivity contribution in [1.29, 1.82) is 0 Å². The Bertz CT molecular complexity index is 686. The molecule has 0 unspecified atom stereocenters. The fourth-order valence-corrected chi connectivity index (χ4v) is 2.14. The van der Waals surface area contributed by atoms with Gasteiger partial charge in [-0.2, -0.15) is 0 Å². The molecule has 2 N–H and O–H groups in total. The Morgan fingerprint density at radius 2 is 1.89 bits per heavy atom. The fourth-order valence-electron chi connectivity index (χ4n) is 2.14. The SMILES string of the molecule is C=CCc1cc(C(=O)O)cc2cccc(C(=O)O)c12. The molecule has 0 aliphatic carbocycles. The Morgan fingerprint density at radius 3 is 2.47 bits per heavy atom. The van der Waals surface area contributed by atoms with Crippen LogP contribution in [0.2, 0.25) is 0 Å². The zero-order chi connectivity index (χ0) is 14.0. The van der Waals surface area contributed by atoms with Gasteiger partial charge in [0.1, 0.15) is 0 Å². The summed E-state index contributed by atoms with van der Waals surface area (Å²) in [6.07, 6.45) is 2.04. The normalized spacial score (nSPS) is 10.3. The van der Waals surface area contributed by atoms with Crippen LogP contribution in [0.3, 0.4) is 0 Å². The second kappa shape index (κ2) is 4.94. The number of carbonyl (C=O) groups is 2. The van der Waals surface area contributed by atoms with Gasteiger partial charge in [0.25, 0.3) is 0 Å². The van der Waals surface area contributed by atoms with E-state index in [1.165, 1.54) is 18.2 Å². The van der Waals surface area contributed by atoms with Crippen molar-refractivity contribution >= 4 is 22.7 Å². The molecule has 0 radical (unpaired) electrons. The number of carboxylic acids is 2. The smallest absolute Gasteiger partial charge is 0.336 e. The van der Waals surface area contributed by atoms with E-state index in [9.17, 15) is 14.7 Å². The van der Waals surface area contributed by atoms with Crippen molar-refractivity contribution < 1.29 is 19.8 Å². The van der Waals surface area contributed by atoms with Crippen LogP contribution in [-0.4, -0.2) is 22.2 Å². The van der Waals surface area contributed by atoms with Crippen molar-refractivity contribution in [2.45, 2.75) is 6.42 Å². The molecule has 4 nitrogen and oxygen atoms in total. The summed E-state index contributed by atoms with van der Waals surface area (Å²) in [5, 5.41) is 19.5. The minimum atomic E-state index is -1.03. The lowest BCUT2D eigenvalue weighted by Gasteiger charge is -2.09. The minimum absolute atomic E-state index is 0.145. The van der Waals surface area contributed by atoms with E-state index in [1.54, 1.807) is 18.2 Å². The Hall–Kier alpha value is -2.62. The van der Waals surface area contributed by atoms with Gasteiger partial charge in [0.05, 0.1) is 11.1 Å². The lowest BCUT2D eigenvalue weighted by atomic mass is 9.95. The molecule has 0 saturated heterocycles.